The molecule has 148 valence electrons. The molecule has 0 radical (unpaired) electrons. The van der Waals surface area contributed by atoms with Gasteiger partial charge in [-0.3, -0.25) is 19.7 Å². The van der Waals surface area contributed by atoms with E-state index in [-0.39, 0.29) is 16.1 Å². The van der Waals surface area contributed by atoms with Crippen molar-refractivity contribution in [2.24, 2.45) is 0 Å². The third-order valence-electron chi connectivity index (χ3n) is 3.93. The molecule has 0 aliphatic heterocycles. The average molecular weight is 407 g/mol. The molecule has 9 nitrogen and oxygen atoms in total. The van der Waals surface area contributed by atoms with Crippen molar-refractivity contribution >= 4 is 27.3 Å². The Bertz CT molecular complexity index is 981. The fraction of sp³-hybridized carbons (Fsp3) is 0.222. The van der Waals surface area contributed by atoms with Crippen LogP contribution < -0.4 is 4.74 Å². The van der Waals surface area contributed by atoms with Gasteiger partial charge in [-0.15, -0.1) is 0 Å². The van der Waals surface area contributed by atoms with Gasteiger partial charge in [-0.05, 0) is 43.3 Å². The fourth-order valence-electron chi connectivity index (χ4n) is 2.20. The van der Waals surface area contributed by atoms with Crippen LogP contribution in [0.25, 0.3) is 0 Å². The minimum atomic E-state index is -4.13. The van der Waals surface area contributed by atoms with Gasteiger partial charge in [0.1, 0.15) is 5.75 Å². The Morgan fingerprint density at radius 3 is 2.14 bits per heavy atom. The van der Waals surface area contributed by atoms with E-state index in [1.54, 1.807) is 12.1 Å². The molecule has 0 saturated carbocycles. The minimum absolute atomic E-state index is 0.260. The maximum atomic E-state index is 12.5. The molecule has 0 bridgehead atoms. The number of Topliss-reactive ketones (excluding diaryl/α,β-unsaturated/α-hetero) is 1. The number of nitro groups is 1. The number of carbonyl (C=O) groups is 2. The lowest BCUT2D eigenvalue weighted by Gasteiger charge is -2.12. The predicted octanol–water partition coefficient (Wildman–Crippen LogP) is 2.19. The first kappa shape index (κ1) is 21.0. The van der Waals surface area contributed by atoms with Gasteiger partial charge in [0.25, 0.3) is 5.69 Å². The van der Waals surface area contributed by atoms with Crippen molar-refractivity contribution in [3.63, 3.8) is 0 Å². The smallest absolute Gasteiger partial charge is 0.324 e. The largest absolute Gasteiger partial charge is 0.497 e. The highest BCUT2D eigenvalue weighted by Crippen LogP contribution is 2.20. The molecule has 28 heavy (non-hydrogen) atoms. The fourth-order valence-corrected chi connectivity index (χ4v) is 3.45. The number of ketones is 1. The summed E-state index contributed by atoms with van der Waals surface area (Å²) in [4.78, 5) is 33.9. The summed E-state index contributed by atoms with van der Waals surface area (Å²) in [5, 5.41) is 9.06. The van der Waals surface area contributed by atoms with E-state index in [9.17, 15) is 28.1 Å². The number of non-ortho nitro benzene ring substituents is 1. The van der Waals surface area contributed by atoms with E-state index in [2.05, 4.69) is 0 Å². The van der Waals surface area contributed by atoms with Crippen molar-refractivity contribution in [3.05, 3.63) is 64.2 Å². The number of methoxy groups -OCH3 is 1. The highest BCUT2D eigenvalue weighted by atomic mass is 32.2. The van der Waals surface area contributed by atoms with E-state index < -0.39 is 38.4 Å². The number of esters is 1. The average Bonchev–Trinajstić information content (AvgIpc) is 2.71. The van der Waals surface area contributed by atoms with E-state index in [0.29, 0.717) is 5.75 Å². The molecule has 0 aliphatic carbocycles. The summed E-state index contributed by atoms with van der Waals surface area (Å²) in [6.45, 7) is 0.502. The van der Waals surface area contributed by atoms with E-state index in [1.165, 1.54) is 19.2 Å². The lowest BCUT2D eigenvalue weighted by Crippen LogP contribution is -2.30. The molecule has 2 rings (SSSR count). The quantitative estimate of drug-likeness (QED) is 0.282. The summed E-state index contributed by atoms with van der Waals surface area (Å²) in [6.07, 6.45) is 0. The molecule has 0 spiro atoms. The van der Waals surface area contributed by atoms with Gasteiger partial charge in [0.05, 0.1) is 16.9 Å². The van der Waals surface area contributed by atoms with Gasteiger partial charge in [-0.1, -0.05) is 0 Å². The van der Waals surface area contributed by atoms with E-state index in [1.807, 2.05) is 0 Å². The summed E-state index contributed by atoms with van der Waals surface area (Å²) in [6, 6.07) is 10.3. The van der Waals surface area contributed by atoms with Crippen molar-refractivity contribution in [3.8, 4) is 5.75 Å². The molecule has 0 aromatic heterocycles. The van der Waals surface area contributed by atoms with Crippen LogP contribution in [0.2, 0.25) is 0 Å². The number of carbonyl (C=O) groups excluding carboxylic acids is 2. The zero-order chi connectivity index (χ0) is 20.9. The van der Waals surface area contributed by atoms with Crippen LogP contribution in [0.1, 0.15) is 17.3 Å². The maximum Gasteiger partial charge on any atom is 0.324 e. The van der Waals surface area contributed by atoms with E-state index >= 15 is 0 Å². The number of hydrogen-bond acceptors (Lipinski definition) is 8. The second-order valence-electron chi connectivity index (χ2n) is 5.70. The first-order valence-electron chi connectivity index (χ1n) is 7.99. The number of rotatable bonds is 8. The number of hydrogen-bond donors (Lipinski definition) is 0. The number of sulfone groups is 1. The minimum Gasteiger partial charge on any atom is -0.497 e. The summed E-state index contributed by atoms with van der Waals surface area (Å²) in [5.41, 5.74) is -0.00116. The second kappa shape index (κ2) is 8.61. The number of ether oxygens (including phenoxy) is 2. The lowest BCUT2D eigenvalue weighted by atomic mass is 10.1. The van der Waals surface area contributed by atoms with Gasteiger partial charge in [-0.25, -0.2) is 8.42 Å². The van der Waals surface area contributed by atoms with Gasteiger partial charge in [0.15, 0.2) is 27.5 Å². The highest BCUT2D eigenvalue weighted by molar-refractivity contribution is 7.92. The molecule has 2 aromatic rings. The van der Waals surface area contributed by atoms with Crippen molar-refractivity contribution in [2.75, 3.05) is 13.7 Å². The molecular formula is C18H17NO8S. The molecule has 0 unspecified atom stereocenters. The molecule has 0 saturated heterocycles. The highest BCUT2D eigenvalue weighted by Gasteiger charge is 2.32. The van der Waals surface area contributed by atoms with Gasteiger partial charge < -0.3 is 9.47 Å². The first-order chi connectivity index (χ1) is 13.2. The van der Waals surface area contributed by atoms with Crippen LogP contribution in [0, 0.1) is 10.1 Å². The lowest BCUT2D eigenvalue weighted by molar-refractivity contribution is -0.384. The van der Waals surface area contributed by atoms with Crippen LogP contribution in [0.5, 0.6) is 5.75 Å². The molecule has 10 heteroatoms. The van der Waals surface area contributed by atoms with Crippen molar-refractivity contribution < 1.29 is 32.4 Å². The third-order valence-corrected chi connectivity index (χ3v) is 5.98. The van der Waals surface area contributed by atoms with Crippen molar-refractivity contribution in [1.82, 2.24) is 0 Å². The molecule has 0 N–H and O–H groups in total. The monoisotopic (exact) mass is 407 g/mol. The number of benzene rings is 2. The van der Waals surface area contributed by atoms with Gasteiger partial charge in [0, 0.05) is 17.7 Å². The van der Waals surface area contributed by atoms with Crippen LogP contribution in [-0.2, 0) is 19.4 Å². The first-order valence-corrected chi connectivity index (χ1v) is 9.53. The molecule has 0 fully saturated rings. The standard InChI is InChI=1S/C18H17NO8S/c1-12(28(24,25)16-9-5-14(6-10-16)19(22)23)18(21)27-11-17(20)13-3-7-15(26-2)8-4-13/h3-10,12H,11H2,1-2H3/t12-/m0/s1. The number of nitro benzene ring substituents is 1. The molecule has 2 aromatic carbocycles. The normalized spacial score (nSPS) is 12.1. The van der Waals surface area contributed by atoms with Crippen LogP contribution in [-0.4, -0.2) is 44.1 Å². The summed E-state index contributed by atoms with van der Waals surface area (Å²) < 4.78 is 34.8. The summed E-state index contributed by atoms with van der Waals surface area (Å²) in [5.74, 6) is -1.05. The van der Waals surface area contributed by atoms with Crippen molar-refractivity contribution in [2.45, 2.75) is 17.1 Å². The Kier molecular flexibility index (Phi) is 6.47. The second-order valence-corrected chi connectivity index (χ2v) is 7.97. The van der Waals surface area contributed by atoms with Gasteiger partial charge in [-0.2, -0.15) is 0 Å². The van der Waals surface area contributed by atoms with E-state index in [4.69, 9.17) is 9.47 Å². The Labute approximate surface area is 161 Å². The Balaban J connectivity index is 2.04. The van der Waals surface area contributed by atoms with E-state index in [0.717, 1.165) is 31.2 Å². The van der Waals surface area contributed by atoms with Crippen LogP contribution >= 0.6 is 0 Å². The van der Waals surface area contributed by atoms with Crippen molar-refractivity contribution in [1.29, 1.82) is 0 Å². The van der Waals surface area contributed by atoms with Crippen LogP contribution in [0.15, 0.2) is 53.4 Å². The predicted molar refractivity (Wildman–Crippen MR) is 98.0 cm³/mol. The van der Waals surface area contributed by atoms with Crippen LogP contribution in [0.4, 0.5) is 5.69 Å². The zero-order valence-electron chi connectivity index (χ0n) is 15.0. The van der Waals surface area contributed by atoms with Gasteiger partial charge in [0.2, 0.25) is 0 Å². The Hall–Kier alpha value is -3.27. The third kappa shape index (κ3) is 4.71. The summed E-state index contributed by atoms with van der Waals surface area (Å²) in [7, 11) is -2.65. The van der Waals surface area contributed by atoms with Crippen LogP contribution in [0.3, 0.4) is 0 Å². The van der Waals surface area contributed by atoms with Gasteiger partial charge >= 0.3 is 5.97 Å². The molecule has 1 atom stereocenters. The maximum absolute atomic E-state index is 12.5. The molecule has 0 aliphatic rings. The SMILES string of the molecule is COc1ccc(C(=O)COC(=O)[C@H](C)S(=O)(=O)c2ccc([N+](=O)[O-])cc2)cc1. The Morgan fingerprint density at radius 1 is 1.07 bits per heavy atom. The number of nitrogens with zero attached hydrogens (tertiary/aromatic N) is 1. The Morgan fingerprint density at radius 2 is 1.64 bits per heavy atom. The summed E-state index contributed by atoms with van der Waals surface area (Å²) >= 11 is 0. The molecular weight excluding hydrogens is 390 g/mol. The topological polar surface area (TPSA) is 130 Å². The molecule has 0 heterocycles. The zero-order valence-corrected chi connectivity index (χ0v) is 15.8. The molecule has 0 amide bonds.